The van der Waals surface area contributed by atoms with Gasteiger partial charge in [0.25, 0.3) is 0 Å². The van der Waals surface area contributed by atoms with Gasteiger partial charge in [-0.15, -0.1) is 0 Å². The van der Waals surface area contributed by atoms with Crippen LogP contribution in [0.1, 0.15) is 59.2 Å². The highest BCUT2D eigenvalue weighted by Crippen LogP contribution is 2.41. The smallest absolute Gasteiger partial charge is 0.338 e. The Balaban J connectivity index is 0.000000171. The molecule has 0 aliphatic carbocycles. The van der Waals surface area contributed by atoms with Crippen molar-refractivity contribution in [3.8, 4) is 0 Å². The molecule has 4 heterocycles. The molecule has 8 atom stereocenters. The number of fused-ring (bicyclic) bond motifs is 4. The third kappa shape index (κ3) is 6.45. The van der Waals surface area contributed by atoms with Gasteiger partial charge in [-0.25, -0.2) is 9.59 Å². The summed E-state index contributed by atoms with van der Waals surface area (Å²) in [7, 11) is 5.39. The van der Waals surface area contributed by atoms with Crippen LogP contribution in [0.3, 0.4) is 0 Å². The largest absolute Gasteiger partial charge is 0.481 e. The maximum absolute atomic E-state index is 12.3. The number of esters is 3. The molecule has 0 amide bonds. The van der Waals surface area contributed by atoms with Crippen LogP contribution in [0.5, 0.6) is 0 Å². The predicted octanol–water partition coefficient (Wildman–Crippen LogP) is 3.65. The van der Waals surface area contributed by atoms with Gasteiger partial charge in [-0.2, -0.15) is 0 Å². The first-order valence-corrected chi connectivity index (χ1v) is 15.0. The fraction of sp³-hybridized carbons (Fsp3) is 0.515. The van der Waals surface area contributed by atoms with E-state index in [1.165, 1.54) is 7.11 Å². The standard InChI is InChI=1S/C17H21NO4.C16H19NO4/c1-18-12-8-9-13(18)15(17(20)21-2)14(10-12)22-16(19)11-6-4-3-5-7-11;1-17-11-7-8-12(17)14(15(18)19)13(9-11)21-16(20)10-5-3-2-4-6-10/h3-7,12-15H,8-10H2,1-2H3;2-6,11-14H,7-9H2,1H3,(H,18,19)/t12?,13?,14-,15+;11?,12?,13-,14+/m00/s1/i3+1,4+1,5+1,6+1,7+1,11+1;2+1,3+1,4+1,5+1,6+1,10+1. The van der Waals surface area contributed by atoms with Crippen molar-refractivity contribution in [3.63, 3.8) is 0 Å². The molecule has 4 aliphatic heterocycles. The lowest BCUT2D eigenvalue weighted by Gasteiger charge is -2.40. The molecule has 4 saturated heterocycles. The van der Waals surface area contributed by atoms with E-state index in [-0.39, 0.29) is 24.0 Å². The van der Waals surface area contributed by atoms with Gasteiger partial charge in [-0.05, 0) is 64.0 Å². The second-order valence-corrected chi connectivity index (χ2v) is 11.9. The van der Waals surface area contributed by atoms with Crippen molar-refractivity contribution in [1.82, 2.24) is 9.80 Å². The number of carboxylic acids is 1. The summed E-state index contributed by atoms with van der Waals surface area (Å²) >= 11 is 0. The van der Waals surface area contributed by atoms with Gasteiger partial charge in [0, 0.05) is 37.0 Å². The Labute approximate surface area is 251 Å². The van der Waals surface area contributed by atoms with Crippen LogP contribution in [-0.2, 0) is 23.8 Å². The normalized spacial score (nSPS) is 31.3. The number of ether oxygens (including phenoxy) is 3. The van der Waals surface area contributed by atoms with Crippen LogP contribution in [0.4, 0.5) is 0 Å². The van der Waals surface area contributed by atoms with Crippen molar-refractivity contribution in [2.24, 2.45) is 11.8 Å². The van der Waals surface area contributed by atoms with E-state index in [9.17, 15) is 24.3 Å². The van der Waals surface area contributed by atoms with Crippen molar-refractivity contribution in [2.75, 3.05) is 21.2 Å². The fourth-order valence-corrected chi connectivity index (χ4v) is 7.41. The fourth-order valence-electron chi connectivity index (χ4n) is 7.41. The predicted molar refractivity (Wildman–Crippen MR) is 156 cm³/mol. The summed E-state index contributed by atoms with van der Waals surface area (Å²) in [5, 5.41) is 9.51. The molecule has 0 aromatic heterocycles. The van der Waals surface area contributed by atoms with Crippen molar-refractivity contribution in [1.29, 1.82) is 0 Å². The molecule has 0 saturated carbocycles. The molecule has 10 heteroatoms. The summed E-state index contributed by atoms with van der Waals surface area (Å²) in [4.78, 5) is 52.6. The summed E-state index contributed by atoms with van der Waals surface area (Å²) in [5.74, 6) is -3.01. The maximum atomic E-state index is 12.3. The van der Waals surface area contributed by atoms with Crippen molar-refractivity contribution >= 4 is 23.9 Å². The summed E-state index contributed by atoms with van der Waals surface area (Å²) in [6.07, 6.45) is 4.15. The summed E-state index contributed by atoms with van der Waals surface area (Å²) in [5.41, 5.74) is 0.977. The van der Waals surface area contributed by atoms with E-state index in [2.05, 4.69) is 9.80 Å². The first-order chi connectivity index (χ1) is 20.7. The zero-order chi connectivity index (χ0) is 30.7. The van der Waals surface area contributed by atoms with Gasteiger partial charge in [0.2, 0.25) is 0 Å². The van der Waals surface area contributed by atoms with E-state index in [1.54, 1.807) is 48.5 Å². The molecule has 0 radical (unpaired) electrons. The molecule has 0 spiro atoms. The number of carbonyl (C=O) groups excluding carboxylic acids is 3. The number of aliphatic carboxylic acids is 1. The number of carboxylic acid groups (broad SMARTS) is 1. The third-order valence-electron chi connectivity index (χ3n) is 9.72. The molecule has 2 aromatic carbocycles. The van der Waals surface area contributed by atoms with Gasteiger partial charge >= 0.3 is 23.9 Å². The van der Waals surface area contributed by atoms with Crippen molar-refractivity contribution in [3.05, 3.63) is 71.8 Å². The van der Waals surface area contributed by atoms with Crippen LogP contribution in [0, 0.1) is 11.8 Å². The van der Waals surface area contributed by atoms with Gasteiger partial charge in [-0.1, -0.05) is 36.4 Å². The second-order valence-electron chi connectivity index (χ2n) is 11.9. The Bertz CT molecular complexity index is 1300. The van der Waals surface area contributed by atoms with Crippen LogP contribution in [0.15, 0.2) is 60.7 Å². The highest BCUT2D eigenvalue weighted by Gasteiger charge is 2.52. The van der Waals surface area contributed by atoms with E-state index in [1.807, 2.05) is 26.2 Å². The molecule has 2 aromatic rings. The van der Waals surface area contributed by atoms with E-state index < -0.39 is 36.0 Å². The van der Waals surface area contributed by atoms with Gasteiger partial charge in [0.15, 0.2) is 0 Å². The molecule has 6 rings (SSSR count). The van der Waals surface area contributed by atoms with E-state index in [0.717, 1.165) is 25.7 Å². The first-order valence-electron chi connectivity index (χ1n) is 15.0. The average Bonchev–Trinajstić information content (AvgIpc) is 3.38. The number of nitrogens with zero attached hydrogens (tertiary/aromatic N) is 2. The number of carbonyl (C=O) groups is 4. The highest BCUT2D eigenvalue weighted by molar-refractivity contribution is 5.90. The molecule has 43 heavy (non-hydrogen) atoms. The van der Waals surface area contributed by atoms with Gasteiger partial charge < -0.3 is 19.3 Å². The Morgan fingerprint density at radius 1 is 0.674 bits per heavy atom. The molecule has 1 N–H and O–H groups in total. The van der Waals surface area contributed by atoms with Gasteiger partial charge in [-0.3, -0.25) is 19.4 Å². The van der Waals surface area contributed by atoms with Crippen LogP contribution in [0.25, 0.3) is 0 Å². The molecule has 230 valence electrons. The second kappa shape index (κ2) is 13.3. The van der Waals surface area contributed by atoms with E-state index >= 15 is 0 Å². The Hall–Kier alpha value is -3.76. The molecule has 4 unspecified atom stereocenters. The van der Waals surface area contributed by atoms with Crippen LogP contribution >= 0.6 is 0 Å². The molecule has 4 aliphatic rings. The van der Waals surface area contributed by atoms with Gasteiger partial charge in [0.1, 0.15) is 24.0 Å². The Morgan fingerprint density at radius 2 is 1.09 bits per heavy atom. The topological polar surface area (TPSA) is 123 Å². The molecule has 4 fully saturated rings. The summed E-state index contributed by atoms with van der Waals surface area (Å²) in [6.45, 7) is 0. The number of piperidine rings is 2. The highest BCUT2D eigenvalue weighted by atomic mass is 16.6. The number of benzene rings is 2. The minimum absolute atomic E-state index is 0.0326. The average molecular weight is 605 g/mol. The maximum Gasteiger partial charge on any atom is 0.338 e. The van der Waals surface area contributed by atoms with Crippen molar-refractivity contribution < 1.29 is 38.5 Å². The summed E-state index contributed by atoms with van der Waals surface area (Å²) < 4.78 is 16.2. The van der Waals surface area contributed by atoms with Crippen molar-refractivity contribution in [2.45, 2.75) is 74.9 Å². The summed E-state index contributed by atoms with van der Waals surface area (Å²) in [6, 6.07) is 18.4. The molecular weight excluding hydrogens is 564 g/mol. The molecular formula is C33H40N2O8. The quantitative estimate of drug-likeness (QED) is 0.386. The lowest BCUT2D eigenvalue weighted by Crippen LogP contribution is -2.53. The monoisotopic (exact) mass is 604 g/mol. The van der Waals surface area contributed by atoms with Gasteiger partial charge in [0.05, 0.1) is 18.2 Å². The minimum Gasteiger partial charge on any atom is -0.481 e. The number of rotatable bonds is 6. The first kappa shape index (κ1) is 30.7. The lowest BCUT2D eigenvalue weighted by molar-refractivity contribution is -0.156. The van der Waals surface area contributed by atoms with Crippen LogP contribution in [-0.4, -0.2) is 96.4 Å². The Morgan fingerprint density at radius 3 is 1.51 bits per heavy atom. The number of hydrogen-bond acceptors (Lipinski definition) is 9. The van der Waals surface area contributed by atoms with E-state index in [0.29, 0.717) is 36.1 Å². The third-order valence-corrected chi connectivity index (χ3v) is 9.72. The molecule has 4 bridgehead atoms. The zero-order valence-corrected chi connectivity index (χ0v) is 24.8. The lowest BCUT2D eigenvalue weighted by atomic mass is 9.87. The van der Waals surface area contributed by atoms with Crippen LogP contribution < -0.4 is 0 Å². The zero-order valence-electron chi connectivity index (χ0n) is 24.8. The number of methoxy groups -OCH3 is 1. The SMILES string of the molecule is CN1C2CCC1[C@@H](C(=O)O)[C@@H](OC(=O)[13c]1[13cH][13cH][13cH][13cH][13cH]1)C2.COC(=O)[C@@H]1C2CCC(C[C@@H]1OC(=O)[13c]1[13cH][13cH][13cH][13cH][13cH]1)N2C. The van der Waals surface area contributed by atoms with Crippen LogP contribution in [0.2, 0.25) is 0 Å². The number of hydrogen-bond donors (Lipinski definition) is 1. The molecule has 10 nitrogen and oxygen atoms in total. The minimum atomic E-state index is -0.877. The Kier molecular flexibility index (Phi) is 9.46. The van der Waals surface area contributed by atoms with E-state index in [4.69, 9.17) is 14.2 Å².